The van der Waals surface area contributed by atoms with E-state index in [0.717, 1.165) is 12.8 Å². The lowest BCUT2D eigenvalue weighted by molar-refractivity contribution is 0.661. The first kappa shape index (κ1) is 6.50. The molecule has 0 aromatic carbocycles. The van der Waals surface area contributed by atoms with Crippen molar-refractivity contribution in [3.05, 3.63) is 12.2 Å². The van der Waals surface area contributed by atoms with E-state index in [1.807, 2.05) is 0 Å². The van der Waals surface area contributed by atoms with Crippen LogP contribution in [0.4, 0.5) is 0 Å². The van der Waals surface area contributed by atoms with Gasteiger partial charge < -0.3 is 0 Å². The highest BCUT2D eigenvalue weighted by Gasteiger charge is 2.30. The van der Waals surface area contributed by atoms with Gasteiger partial charge in [0.05, 0.1) is 0 Å². The van der Waals surface area contributed by atoms with Crippen LogP contribution in [0.25, 0.3) is 0 Å². The summed E-state index contributed by atoms with van der Waals surface area (Å²) in [6.07, 6.45) is 2.23. The van der Waals surface area contributed by atoms with Gasteiger partial charge in [-0.25, -0.2) is 0 Å². The van der Waals surface area contributed by atoms with Crippen LogP contribution in [0.3, 0.4) is 0 Å². The lowest BCUT2D eigenvalue weighted by Gasteiger charge is -2.27. The summed E-state index contributed by atoms with van der Waals surface area (Å²) in [6.45, 7) is 3.79. The molecule has 0 amide bonds. The average molecular weight is 149 g/mol. The van der Waals surface area contributed by atoms with Gasteiger partial charge in [0.25, 0.3) is 0 Å². The van der Waals surface area contributed by atoms with Crippen molar-refractivity contribution >= 4 is 28.5 Å². The maximum atomic E-state index is 5.58. The quantitative estimate of drug-likeness (QED) is 0.397. The normalized spacial score (nSPS) is 27.2. The van der Waals surface area contributed by atoms with E-state index in [1.165, 1.54) is 5.57 Å². The molecule has 1 fully saturated rings. The van der Waals surface area contributed by atoms with Crippen LogP contribution in [0.2, 0.25) is 5.82 Å². The van der Waals surface area contributed by atoms with E-state index in [1.54, 1.807) is 0 Å². The first-order chi connectivity index (χ1) is 3.72. The summed E-state index contributed by atoms with van der Waals surface area (Å²) in [6, 6.07) is 0. The molecule has 0 aromatic rings. The lowest BCUT2D eigenvalue weighted by atomic mass is 9.66. The fourth-order valence-corrected chi connectivity index (χ4v) is 1.43. The largest absolute Gasteiger partial charge is 0.358 e. The molecule has 0 bridgehead atoms. The minimum absolute atomic E-state index is 0.226. The number of rotatable bonds is 1. The Morgan fingerprint density at radius 3 is 2.25 bits per heavy atom. The fraction of sp³-hybridized carbons (Fsp3) is 0.600. The van der Waals surface area contributed by atoms with Crippen molar-refractivity contribution in [2.45, 2.75) is 18.7 Å². The van der Waals surface area contributed by atoms with Gasteiger partial charge in [-0.15, -0.1) is 6.58 Å². The minimum Gasteiger partial charge on any atom is -0.171 e. The SMILES string of the molecule is C=C1CCC1B(Cl)Cl. The van der Waals surface area contributed by atoms with Crippen molar-refractivity contribution in [1.29, 1.82) is 0 Å². The Bertz CT molecular complexity index is 111. The van der Waals surface area contributed by atoms with E-state index in [-0.39, 0.29) is 5.54 Å². The van der Waals surface area contributed by atoms with Crippen molar-refractivity contribution in [2.24, 2.45) is 0 Å². The number of allylic oxidation sites excluding steroid dienone is 1. The molecule has 3 heteroatoms. The van der Waals surface area contributed by atoms with Gasteiger partial charge in [-0.2, -0.15) is 22.9 Å². The van der Waals surface area contributed by atoms with E-state index in [2.05, 4.69) is 6.58 Å². The highest BCUT2D eigenvalue weighted by molar-refractivity contribution is 7.34. The fourth-order valence-electron chi connectivity index (χ4n) is 0.819. The molecule has 1 atom stereocenters. The van der Waals surface area contributed by atoms with Crippen LogP contribution in [0.15, 0.2) is 12.2 Å². The van der Waals surface area contributed by atoms with E-state index < -0.39 is 0 Å². The minimum atomic E-state index is -0.226. The zero-order chi connectivity index (χ0) is 6.15. The van der Waals surface area contributed by atoms with Crippen molar-refractivity contribution < 1.29 is 0 Å². The van der Waals surface area contributed by atoms with Gasteiger partial charge in [0, 0.05) is 0 Å². The summed E-state index contributed by atoms with van der Waals surface area (Å²) in [7, 11) is 0. The first-order valence-electron chi connectivity index (χ1n) is 2.67. The van der Waals surface area contributed by atoms with Gasteiger partial charge in [0.1, 0.15) is 0 Å². The molecule has 1 aliphatic rings. The molecule has 0 radical (unpaired) electrons. The summed E-state index contributed by atoms with van der Waals surface area (Å²) < 4.78 is 0. The highest BCUT2D eigenvalue weighted by Crippen LogP contribution is 2.42. The van der Waals surface area contributed by atoms with Crippen LogP contribution in [0, 0.1) is 0 Å². The molecule has 0 aromatic heterocycles. The predicted octanol–water partition coefficient (Wildman–Crippen LogP) is 2.67. The summed E-state index contributed by atoms with van der Waals surface area (Å²) >= 11 is 11.2. The Morgan fingerprint density at radius 2 is 2.25 bits per heavy atom. The van der Waals surface area contributed by atoms with Gasteiger partial charge in [-0.1, -0.05) is 5.57 Å². The van der Waals surface area contributed by atoms with E-state index in [9.17, 15) is 0 Å². The van der Waals surface area contributed by atoms with Crippen LogP contribution in [-0.2, 0) is 0 Å². The predicted molar refractivity (Wildman–Crippen MR) is 39.6 cm³/mol. The highest BCUT2D eigenvalue weighted by atomic mass is 35.5. The smallest absolute Gasteiger partial charge is 0.171 e. The second-order valence-corrected chi connectivity index (χ2v) is 3.30. The Kier molecular flexibility index (Phi) is 1.89. The zero-order valence-corrected chi connectivity index (χ0v) is 6.04. The van der Waals surface area contributed by atoms with E-state index >= 15 is 0 Å². The molecule has 0 spiro atoms. The molecule has 0 aliphatic heterocycles. The van der Waals surface area contributed by atoms with Gasteiger partial charge in [0.15, 0.2) is 0 Å². The van der Waals surface area contributed by atoms with Crippen molar-refractivity contribution in [3.63, 3.8) is 0 Å². The topological polar surface area (TPSA) is 0 Å². The van der Waals surface area contributed by atoms with Gasteiger partial charge in [-0.3, -0.25) is 0 Å². The summed E-state index contributed by atoms with van der Waals surface area (Å²) in [5.41, 5.74) is 0.983. The van der Waals surface area contributed by atoms with Gasteiger partial charge in [-0.05, 0) is 18.7 Å². The van der Waals surface area contributed by atoms with Crippen molar-refractivity contribution in [3.8, 4) is 0 Å². The van der Waals surface area contributed by atoms with Crippen LogP contribution in [0.5, 0.6) is 0 Å². The molecule has 44 valence electrons. The first-order valence-corrected chi connectivity index (χ1v) is 3.55. The molecule has 0 heterocycles. The molecule has 8 heavy (non-hydrogen) atoms. The average Bonchev–Trinajstić information content (AvgIpc) is 1.61. The number of hydrogen-bond donors (Lipinski definition) is 0. The van der Waals surface area contributed by atoms with Crippen LogP contribution < -0.4 is 0 Å². The molecular formula is C5H7BCl2. The third-order valence-electron chi connectivity index (χ3n) is 1.60. The number of hydrogen-bond acceptors (Lipinski definition) is 0. The third kappa shape index (κ3) is 1.03. The lowest BCUT2D eigenvalue weighted by Crippen LogP contribution is -2.17. The second-order valence-electron chi connectivity index (χ2n) is 2.14. The summed E-state index contributed by atoms with van der Waals surface area (Å²) in [4.78, 5) is 0. The van der Waals surface area contributed by atoms with Crippen LogP contribution in [-0.4, -0.2) is 5.54 Å². The molecule has 1 unspecified atom stereocenters. The maximum absolute atomic E-state index is 5.58. The summed E-state index contributed by atoms with van der Waals surface area (Å²) in [5.74, 6) is 0.387. The van der Waals surface area contributed by atoms with E-state index in [4.69, 9.17) is 22.9 Å². The molecule has 0 nitrogen and oxygen atoms in total. The van der Waals surface area contributed by atoms with Crippen LogP contribution >= 0.6 is 22.9 Å². The molecule has 1 saturated carbocycles. The van der Waals surface area contributed by atoms with Crippen LogP contribution in [0.1, 0.15) is 12.8 Å². The molecular weight excluding hydrogens is 142 g/mol. The van der Waals surface area contributed by atoms with Gasteiger partial charge in [0.2, 0.25) is 0 Å². The maximum Gasteiger partial charge on any atom is 0.358 e. The Balaban J connectivity index is 2.37. The Hall–Kier alpha value is 0.385. The standard InChI is InChI=1S/C5H7BCl2/c1-4-2-3-5(4)6(7)8/h5H,1-3H2. The Morgan fingerprint density at radius 1 is 1.62 bits per heavy atom. The molecule has 1 rings (SSSR count). The molecule has 0 N–H and O–H groups in total. The molecule has 0 saturated heterocycles. The van der Waals surface area contributed by atoms with Gasteiger partial charge >= 0.3 is 5.54 Å². The Labute approximate surface area is 59.8 Å². The van der Waals surface area contributed by atoms with Crippen molar-refractivity contribution in [2.75, 3.05) is 0 Å². The second kappa shape index (κ2) is 2.32. The van der Waals surface area contributed by atoms with Crippen molar-refractivity contribution in [1.82, 2.24) is 0 Å². The monoisotopic (exact) mass is 148 g/mol. The van der Waals surface area contributed by atoms with E-state index in [0.29, 0.717) is 5.82 Å². The zero-order valence-electron chi connectivity index (χ0n) is 4.53. The summed E-state index contributed by atoms with van der Waals surface area (Å²) in [5, 5.41) is 0. The number of halogens is 2. The molecule has 1 aliphatic carbocycles. The third-order valence-corrected chi connectivity index (χ3v) is 2.21.